The summed E-state index contributed by atoms with van der Waals surface area (Å²) in [5.74, 6) is -0.395. The minimum absolute atomic E-state index is 0.00507. The van der Waals surface area contributed by atoms with E-state index >= 15 is 0 Å². The summed E-state index contributed by atoms with van der Waals surface area (Å²) in [5, 5.41) is 3.23. The van der Waals surface area contributed by atoms with Gasteiger partial charge in [-0.3, -0.25) is 9.52 Å². The molecule has 0 fully saturated rings. The number of hydrogen-bond acceptors (Lipinski definition) is 4. The van der Waals surface area contributed by atoms with E-state index in [4.69, 9.17) is 0 Å². The van der Waals surface area contributed by atoms with E-state index in [1.54, 1.807) is 48.5 Å². The van der Waals surface area contributed by atoms with Crippen LogP contribution in [0, 0.1) is 6.92 Å². The zero-order valence-electron chi connectivity index (χ0n) is 15.1. The Labute approximate surface area is 163 Å². The molecule has 0 aliphatic carbocycles. The lowest BCUT2D eigenvalue weighted by molar-refractivity contribution is 0.103. The molecule has 0 atom stereocenters. The van der Waals surface area contributed by atoms with Crippen molar-refractivity contribution < 1.29 is 13.2 Å². The molecule has 1 heterocycles. The van der Waals surface area contributed by atoms with Gasteiger partial charge in [0.2, 0.25) is 5.78 Å². The van der Waals surface area contributed by atoms with E-state index in [1.807, 2.05) is 31.2 Å². The summed E-state index contributed by atoms with van der Waals surface area (Å²) < 4.78 is 27.9. The van der Waals surface area contributed by atoms with Gasteiger partial charge in [0.15, 0.2) is 0 Å². The average molecular weight is 390 g/mol. The zero-order chi connectivity index (χ0) is 19.7. The Morgan fingerprint density at radius 2 is 1.50 bits per heavy atom. The zero-order valence-corrected chi connectivity index (χ0v) is 16.0. The summed E-state index contributed by atoms with van der Waals surface area (Å²) in [6.45, 7) is 1.98. The highest BCUT2D eigenvalue weighted by molar-refractivity contribution is 7.89. The number of nitrogens with one attached hydrogen (secondary N) is 2. The lowest BCUT2D eigenvalue weighted by atomic mass is 10.0. The maximum Gasteiger partial charge on any atom is 0.262 e. The highest BCUT2D eigenvalue weighted by Gasteiger charge is 2.32. The lowest BCUT2D eigenvalue weighted by Crippen LogP contribution is -2.34. The number of aryl methyl sites for hydroxylation is 1. The Hall–Kier alpha value is -3.38. The van der Waals surface area contributed by atoms with Crippen molar-refractivity contribution in [2.24, 2.45) is 0 Å². The quantitative estimate of drug-likeness (QED) is 0.662. The first-order chi connectivity index (χ1) is 13.5. The van der Waals surface area contributed by atoms with E-state index in [1.165, 1.54) is 6.07 Å². The van der Waals surface area contributed by atoms with Gasteiger partial charge >= 0.3 is 0 Å². The van der Waals surface area contributed by atoms with Crippen LogP contribution in [-0.4, -0.2) is 14.2 Å². The molecular weight excluding hydrogens is 372 g/mol. The third-order valence-corrected chi connectivity index (χ3v) is 5.92. The van der Waals surface area contributed by atoms with Crippen molar-refractivity contribution in [3.63, 3.8) is 0 Å². The number of carbonyl (C=O) groups excluding carboxylic acids is 1. The van der Waals surface area contributed by atoms with Gasteiger partial charge in [-0.15, -0.1) is 0 Å². The Morgan fingerprint density at radius 1 is 0.857 bits per heavy atom. The first-order valence-electron chi connectivity index (χ1n) is 8.76. The standard InChI is InChI=1S/C22H18N2O3S/c1-15-11-13-17(14-12-15)23-20-18-9-5-6-10-19(18)28(26,27)24-21(20)22(25)16-7-3-2-4-8-16/h2-14,23-24H,1H3. The number of carbonyl (C=O) groups is 1. The van der Waals surface area contributed by atoms with Crippen LogP contribution < -0.4 is 10.0 Å². The van der Waals surface area contributed by atoms with Crippen molar-refractivity contribution in [1.82, 2.24) is 4.72 Å². The maximum absolute atomic E-state index is 13.1. The van der Waals surface area contributed by atoms with Crippen LogP contribution in [0.2, 0.25) is 0 Å². The molecule has 0 radical (unpaired) electrons. The van der Waals surface area contributed by atoms with E-state index in [2.05, 4.69) is 10.0 Å². The first kappa shape index (κ1) is 18.0. The summed E-state index contributed by atoms with van der Waals surface area (Å²) in [6, 6.07) is 22.9. The molecule has 0 unspecified atom stereocenters. The molecular formula is C22H18N2O3S. The van der Waals surface area contributed by atoms with Crippen LogP contribution in [0.25, 0.3) is 5.70 Å². The fraction of sp³-hybridized carbons (Fsp3) is 0.0455. The molecule has 1 aliphatic heterocycles. The third kappa shape index (κ3) is 3.30. The summed E-state index contributed by atoms with van der Waals surface area (Å²) >= 11 is 0. The number of benzene rings is 3. The van der Waals surface area contributed by atoms with Crippen molar-refractivity contribution in [1.29, 1.82) is 0 Å². The van der Waals surface area contributed by atoms with Gasteiger partial charge in [0, 0.05) is 16.8 Å². The molecule has 0 saturated carbocycles. The van der Waals surface area contributed by atoms with Gasteiger partial charge in [-0.2, -0.15) is 0 Å². The molecule has 0 amide bonds. The van der Waals surface area contributed by atoms with Gasteiger partial charge in [-0.25, -0.2) is 8.42 Å². The molecule has 4 rings (SSSR count). The second kappa shape index (κ2) is 6.98. The van der Waals surface area contributed by atoms with Gasteiger partial charge in [0.1, 0.15) is 5.70 Å². The first-order valence-corrected chi connectivity index (χ1v) is 10.2. The maximum atomic E-state index is 13.1. The molecule has 3 aromatic rings. The van der Waals surface area contributed by atoms with Crippen molar-refractivity contribution in [2.75, 3.05) is 5.32 Å². The number of ketones is 1. The second-order valence-electron chi connectivity index (χ2n) is 6.54. The normalized spacial score (nSPS) is 14.8. The van der Waals surface area contributed by atoms with Gasteiger partial charge in [0.25, 0.3) is 10.0 Å². The SMILES string of the molecule is Cc1ccc(NC2=C(C(=O)c3ccccc3)NS(=O)(=O)c3ccccc32)cc1. The topological polar surface area (TPSA) is 75.3 Å². The van der Waals surface area contributed by atoms with Crippen LogP contribution in [0.15, 0.2) is 89.5 Å². The number of hydrogen-bond donors (Lipinski definition) is 2. The number of sulfonamides is 1. The smallest absolute Gasteiger partial charge is 0.262 e. The lowest BCUT2D eigenvalue weighted by Gasteiger charge is -2.25. The van der Waals surface area contributed by atoms with Crippen LogP contribution in [-0.2, 0) is 10.0 Å². The summed E-state index contributed by atoms with van der Waals surface area (Å²) in [5.41, 5.74) is 3.16. The van der Waals surface area contributed by atoms with Crippen molar-refractivity contribution in [2.45, 2.75) is 11.8 Å². The molecule has 0 aromatic heterocycles. The van der Waals surface area contributed by atoms with Crippen molar-refractivity contribution in [3.8, 4) is 0 Å². The Morgan fingerprint density at radius 3 is 2.21 bits per heavy atom. The molecule has 140 valence electrons. The highest BCUT2D eigenvalue weighted by atomic mass is 32.2. The number of Topliss-reactive ketones (excluding diaryl/α,β-unsaturated/α-hetero) is 1. The monoisotopic (exact) mass is 390 g/mol. The predicted molar refractivity (Wildman–Crippen MR) is 109 cm³/mol. The molecule has 6 heteroatoms. The summed E-state index contributed by atoms with van der Waals surface area (Å²) in [7, 11) is -3.84. The molecule has 5 nitrogen and oxygen atoms in total. The molecule has 0 saturated heterocycles. The fourth-order valence-corrected chi connectivity index (χ4v) is 4.38. The van der Waals surface area contributed by atoms with E-state index in [9.17, 15) is 13.2 Å². The van der Waals surface area contributed by atoms with Crippen molar-refractivity contribution in [3.05, 3.63) is 101 Å². The van der Waals surface area contributed by atoms with Gasteiger partial charge in [-0.1, -0.05) is 66.2 Å². The van der Waals surface area contributed by atoms with Crippen LogP contribution in [0.4, 0.5) is 5.69 Å². The molecule has 28 heavy (non-hydrogen) atoms. The Bertz CT molecular complexity index is 1180. The van der Waals surface area contributed by atoms with Crippen molar-refractivity contribution >= 4 is 27.2 Å². The predicted octanol–water partition coefficient (Wildman–Crippen LogP) is 3.95. The molecule has 0 bridgehead atoms. The Balaban J connectivity index is 1.91. The van der Waals surface area contributed by atoms with E-state index in [0.29, 0.717) is 16.8 Å². The van der Waals surface area contributed by atoms with Crippen LogP contribution in [0.5, 0.6) is 0 Å². The molecule has 2 N–H and O–H groups in total. The number of allylic oxidation sites excluding steroid dienone is 1. The number of anilines is 1. The average Bonchev–Trinajstić information content (AvgIpc) is 2.71. The molecule has 1 aliphatic rings. The minimum Gasteiger partial charge on any atom is -0.353 e. The van der Waals surface area contributed by atoms with E-state index in [0.717, 1.165) is 11.3 Å². The summed E-state index contributed by atoms with van der Waals surface area (Å²) in [4.78, 5) is 13.3. The Kier molecular flexibility index (Phi) is 4.49. The highest BCUT2D eigenvalue weighted by Crippen LogP contribution is 2.32. The number of fused-ring (bicyclic) bond motifs is 1. The van der Waals surface area contributed by atoms with Gasteiger partial charge in [-0.05, 0) is 25.1 Å². The van der Waals surface area contributed by atoms with Crippen LogP contribution in [0.3, 0.4) is 0 Å². The van der Waals surface area contributed by atoms with Crippen LogP contribution in [0.1, 0.15) is 21.5 Å². The van der Waals surface area contributed by atoms with Crippen LogP contribution >= 0.6 is 0 Å². The molecule has 0 spiro atoms. The van der Waals surface area contributed by atoms with E-state index < -0.39 is 15.8 Å². The summed E-state index contributed by atoms with van der Waals surface area (Å²) in [6.07, 6.45) is 0. The minimum atomic E-state index is -3.84. The van der Waals surface area contributed by atoms with E-state index in [-0.39, 0.29) is 10.6 Å². The molecule has 3 aromatic carbocycles. The van der Waals surface area contributed by atoms with Gasteiger partial charge < -0.3 is 5.32 Å². The number of rotatable bonds is 4. The van der Waals surface area contributed by atoms with Gasteiger partial charge in [0.05, 0.1) is 10.6 Å². The largest absolute Gasteiger partial charge is 0.353 e. The second-order valence-corrected chi connectivity index (χ2v) is 8.19. The fourth-order valence-electron chi connectivity index (χ4n) is 3.09. The third-order valence-electron chi connectivity index (χ3n) is 4.52.